The predicted molar refractivity (Wildman–Crippen MR) is 519 cm³/mol. The van der Waals surface area contributed by atoms with E-state index < -0.39 is 115 Å². The van der Waals surface area contributed by atoms with Gasteiger partial charge in [-0.05, 0) is 162 Å². The van der Waals surface area contributed by atoms with Crippen LogP contribution in [0.1, 0.15) is 190 Å². The van der Waals surface area contributed by atoms with Gasteiger partial charge in [-0.2, -0.15) is 49.9 Å². The van der Waals surface area contributed by atoms with E-state index in [4.69, 9.17) is 48.7 Å². The highest BCUT2D eigenvalue weighted by Gasteiger charge is 2.61. The second kappa shape index (κ2) is 58.9. The highest BCUT2D eigenvalue weighted by molar-refractivity contribution is 8.00. The maximum absolute atomic E-state index is 13.8. The normalized spacial score (nSPS) is 20.1. The number of thioether (sulfide) groups is 2. The maximum atomic E-state index is 13.8. The number of nitrogens with one attached hydrogen (secondary N) is 9. The van der Waals surface area contributed by atoms with Crippen molar-refractivity contribution in [3.8, 4) is 0 Å². The van der Waals surface area contributed by atoms with Crippen LogP contribution in [0.15, 0.2) is 84.9 Å². The molecule has 10 atom stereocenters. The van der Waals surface area contributed by atoms with Crippen LogP contribution in [0, 0.1) is 11.6 Å². The number of amides is 15. The molecule has 12 rings (SSSR count). The molecule has 145 heavy (non-hydrogen) atoms. The molecular weight excluding hydrogens is 1960 g/mol. The number of urea groups is 2. The lowest BCUT2D eigenvalue weighted by Crippen LogP contribution is -2.51. The summed E-state index contributed by atoms with van der Waals surface area (Å²) in [4.78, 5) is 175. The summed E-state index contributed by atoms with van der Waals surface area (Å²) in [5, 5.41) is 35.4. The van der Waals surface area contributed by atoms with E-state index in [0.717, 1.165) is 100 Å². The summed E-state index contributed by atoms with van der Waals surface area (Å²) in [7, 11) is 0. The van der Waals surface area contributed by atoms with E-state index in [-0.39, 0.29) is 143 Å². The summed E-state index contributed by atoms with van der Waals surface area (Å²) in [6.45, 7) is 6.14. The van der Waals surface area contributed by atoms with Crippen LogP contribution in [-0.4, -0.2) is 297 Å². The third kappa shape index (κ3) is 36.7. The average molecular weight is 2090 g/mol. The number of nitrogen functional groups attached to an aromatic ring is 1. The Morgan fingerprint density at radius 3 is 1.18 bits per heavy atom. The number of rotatable bonds is 57. The first-order chi connectivity index (χ1) is 68.4. The number of aliphatic carboxylic acids is 1. The molecule has 15 amide bonds. The van der Waals surface area contributed by atoms with Crippen molar-refractivity contribution >= 4 is 118 Å². The molecule has 0 bridgehead atoms. The number of imide groups is 2. The molecule has 12 N–H and O–H groups in total. The minimum Gasteiger partial charge on any atom is -0.481 e. The molecule has 6 fully saturated rings. The summed E-state index contributed by atoms with van der Waals surface area (Å²) < 4.78 is 153. The zero-order valence-electron chi connectivity index (χ0n) is 79.9. The number of anilines is 2. The van der Waals surface area contributed by atoms with E-state index in [2.05, 4.69) is 47.9 Å². The largest absolute Gasteiger partial charge is 0.481 e. The van der Waals surface area contributed by atoms with Gasteiger partial charge in [0.15, 0.2) is 0 Å². The molecule has 4 aromatic carbocycles. The number of carbonyl (C=O) groups is 14. The molecule has 0 aromatic heterocycles. The Hall–Kier alpha value is -11.2. The second-order valence-electron chi connectivity index (χ2n) is 35.6. The van der Waals surface area contributed by atoms with Crippen LogP contribution in [0.4, 0.5) is 65.7 Å². The fourth-order valence-corrected chi connectivity index (χ4v) is 20.4. The summed E-state index contributed by atoms with van der Waals surface area (Å²) in [6.07, 6.45) is -0.718. The number of fused-ring (bicyclic) bond motifs is 6. The van der Waals surface area contributed by atoms with Crippen molar-refractivity contribution in [3.63, 3.8) is 0 Å². The van der Waals surface area contributed by atoms with Crippen LogP contribution in [0.5, 0.6) is 0 Å². The number of ether oxygens (including phenoxy) is 8. The number of carbonyl (C=O) groups excluding carboxylic acids is 13. The first-order valence-electron chi connectivity index (χ1n) is 48.2. The van der Waals surface area contributed by atoms with Crippen LogP contribution in [0.25, 0.3) is 0 Å². The van der Waals surface area contributed by atoms with Crippen LogP contribution in [0.2, 0.25) is 0 Å². The number of nitrogens with zero attached hydrogens (tertiary/aromatic N) is 4. The fourth-order valence-electron chi connectivity index (χ4n) is 17.3. The Labute approximate surface area is 845 Å². The van der Waals surface area contributed by atoms with Crippen molar-refractivity contribution in [2.24, 2.45) is 0 Å². The number of nitrogens with two attached hydrogens (primary N) is 1. The zero-order valence-corrected chi connectivity index (χ0v) is 81.6. The predicted octanol–water partition coefficient (Wildman–Crippen LogP) is 10.6. The van der Waals surface area contributed by atoms with E-state index in [9.17, 15) is 102 Å². The monoisotopic (exact) mass is 2090 g/mol. The average Bonchev–Trinajstić information content (AvgIpc) is 1.57. The van der Waals surface area contributed by atoms with Crippen LogP contribution >= 0.6 is 23.5 Å². The number of halogens is 8. The van der Waals surface area contributed by atoms with Crippen molar-refractivity contribution in [1.82, 2.24) is 62.1 Å². The second-order valence-corrected chi connectivity index (χ2v) is 38.1. The molecule has 2 aliphatic carbocycles. The van der Waals surface area contributed by atoms with Gasteiger partial charge in [0, 0.05) is 162 Å². The number of unbranched alkanes of at least 4 members (excludes halogenated alkanes) is 2. The van der Waals surface area contributed by atoms with Crippen LogP contribution in [-0.2, 0) is 123 Å². The molecule has 6 heterocycles. The van der Waals surface area contributed by atoms with Gasteiger partial charge in [0.05, 0.1) is 77.0 Å². The van der Waals surface area contributed by atoms with Gasteiger partial charge in [-0.15, -0.1) is 0 Å². The zero-order chi connectivity index (χ0) is 103. The first kappa shape index (κ1) is 119. The number of benzene rings is 4. The molecule has 6 saturated heterocycles. The van der Waals surface area contributed by atoms with Crippen molar-refractivity contribution in [2.75, 3.05) is 141 Å². The molecule has 6 aliphatic heterocycles. The van der Waals surface area contributed by atoms with Gasteiger partial charge in [0.2, 0.25) is 52.6 Å². The van der Waals surface area contributed by atoms with Crippen molar-refractivity contribution in [2.45, 2.75) is 253 Å². The van der Waals surface area contributed by atoms with Gasteiger partial charge in [-0.3, -0.25) is 47.9 Å². The van der Waals surface area contributed by atoms with E-state index in [1.807, 2.05) is 23.5 Å². The van der Waals surface area contributed by atoms with Crippen LogP contribution < -0.4 is 53.6 Å². The lowest BCUT2D eigenvalue weighted by atomic mass is 9.94. The first-order valence-corrected chi connectivity index (χ1v) is 50.3. The Morgan fingerprint density at radius 2 is 0.807 bits per heavy atom. The molecule has 8 aliphatic rings. The van der Waals surface area contributed by atoms with Crippen molar-refractivity contribution < 1.29 is 145 Å². The molecule has 0 saturated carbocycles. The molecule has 2 spiro atoms. The number of alkyl halides is 6. The van der Waals surface area contributed by atoms with Crippen molar-refractivity contribution in [3.05, 3.63) is 130 Å². The third-order valence-corrected chi connectivity index (χ3v) is 28.1. The van der Waals surface area contributed by atoms with Gasteiger partial charge in [-0.1, -0.05) is 64.1 Å². The number of hydrogen-bond acceptors (Lipinski definition) is 25. The summed E-state index contributed by atoms with van der Waals surface area (Å²) >= 11 is 3.78. The van der Waals surface area contributed by atoms with Gasteiger partial charge in [-0.25, -0.2) is 37.8 Å². The molecule has 4 aromatic rings. The fraction of sp³-hybridized carbons (Fsp3) is 0.612. The molecule has 37 nitrogen and oxygen atoms in total. The lowest BCUT2D eigenvalue weighted by Gasteiger charge is -2.31. The quantitative estimate of drug-likeness (QED) is 0.00846. The summed E-state index contributed by atoms with van der Waals surface area (Å²) in [6, 6.07) is 14.9. The summed E-state index contributed by atoms with van der Waals surface area (Å²) in [5.74, 6) is -4.77. The number of aryl methyl sites for hydroxylation is 2. The minimum atomic E-state index is -4.84. The van der Waals surface area contributed by atoms with Gasteiger partial charge in [0.1, 0.15) is 36.8 Å². The van der Waals surface area contributed by atoms with Gasteiger partial charge >= 0.3 is 42.6 Å². The highest BCUT2D eigenvalue weighted by atomic mass is 32.2. The number of carboxylic acid groups (broad SMARTS) is 1. The molecule has 804 valence electrons. The standard InChI is InChI=1S/C48H63F4N7O11S.C25H44N4O8S.C23H21F4N3O4.2CH4/c1-31(48(50,51)52)58(28-32-11-13-34(49)14-12-32)42(63)29-59-44(64)47(70-46(59)66)18-17-33-27-35(15-16-36(33)47)55-41(62)10-4-9-40(61)54-20-6-22-68-24-26-69-25-23-67-21-5-19-53-39(60)8-3-2-7-38-43-37(30-71-38)56-45(65)57-43;30-21(7-2-1-6-20-24-19(18-38-20)28-25(34)29-24)26-10-4-12-35-14-16-37-17-15-36-13-5-11-27-22(31)8-3-9-23(32)33;1-13(23(25,26)27)29(11-14-2-4-16(24)5-3-14)19(31)12-30-20(32)22(34-21(30)33)9-8-15-10-17(28)6-7-18(15)22;;/h11-16,27,31,37-38,43H,2-10,17-26,28-30H2,1H3,(H,53,60)(H,54,61)(H,55,62)(H2,56,57,65);19-20,24H,1-18H2,(H,26,30)(H,27,31)(H,32,33)(H2,28,29,34);2-7,10,13H,8-9,11-12,28H2,1H3;2*1H4/t31-,37-,38-,43-,47+;19-,20-,24-;13-,22?;;/m000../s1. The molecule has 0 radical (unpaired) electrons. The topological polar surface area (TPSA) is 480 Å². The summed E-state index contributed by atoms with van der Waals surface area (Å²) in [5.41, 5.74) is 5.77. The Bertz CT molecular complexity index is 4970. The van der Waals surface area contributed by atoms with E-state index in [0.29, 0.717) is 209 Å². The van der Waals surface area contributed by atoms with Crippen LogP contribution in [0.3, 0.4) is 0 Å². The smallest absolute Gasteiger partial charge is 0.418 e. The number of carboxylic acids is 1. The molecule has 47 heteroatoms. The van der Waals surface area contributed by atoms with Gasteiger partial charge < -0.3 is 106 Å². The molecule has 1 unspecified atom stereocenters. The number of hydrogen-bond donors (Lipinski definition) is 11. The van der Waals surface area contributed by atoms with E-state index in [1.165, 1.54) is 36.4 Å². The van der Waals surface area contributed by atoms with Gasteiger partial charge in [0.25, 0.3) is 11.8 Å². The Kier molecular flexibility index (Phi) is 48.4. The van der Waals surface area contributed by atoms with E-state index in [1.54, 1.807) is 24.3 Å². The third-order valence-electron chi connectivity index (χ3n) is 25.1. The Balaban J connectivity index is 0.000000291. The van der Waals surface area contributed by atoms with E-state index >= 15 is 0 Å². The SMILES string of the molecule is C.C.C[C@H](N(Cc1ccc(F)cc1)C(=O)CN1C(=O)OC2(CCc3cc(N)ccc32)C1=O)C(F)(F)F.C[C@H](N(Cc1ccc(F)cc1)C(=O)CN1C(=O)O[C@@]2(CCc3cc(NC(=O)CCCC(=O)NCCCOCCOCCOCCCNC(=O)CCCC[C@@H]4SC[C@@H]5NC(=O)N[C@@H]54)ccc32)C1=O)C(F)(F)F.O=C(O)CCCC(=O)NCCCOCCOCCOCCCNC(=O)CCCC[C@@H]1SC[C@@H]2NC(=O)N[C@@H]21. The maximum Gasteiger partial charge on any atom is 0.418 e. The molecular formula is C98H136F8N14O23S2. The van der Waals surface area contributed by atoms with Crippen molar-refractivity contribution in [1.29, 1.82) is 0 Å². The lowest BCUT2D eigenvalue weighted by molar-refractivity contribution is -0.187. The minimum absolute atomic E-state index is 0. The highest BCUT2D eigenvalue weighted by Crippen LogP contribution is 2.48. The Morgan fingerprint density at radius 1 is 0.462 bits per heavy atom.